The Morgan fingerprint density at radius 2 is 2.00 bits per heavy atom. The Balaban J connectivity index is 1.62. The molecule has 2 aliphatic heterocycles. The summed E-state index contributed by atoms with van der Waals surface area (Å²) in [5.74, 6) is 1.35. The van der Waals surface area contributed by atoms with Gasteiger partial charge in [0.15, 0.2) is 0 Å². The number of nitrogens with one attached hydrogen (secondary N) is 1. The summed E-state index contributed by atoms with van der Waals surface area (Å²) in [4.78, 5) is 29.1. The first-order valence-electron chi connectivity index (χ1n) is 11.7. The van der Waals surface area contributed by atoms with Crippen molar-refractivity contribution < 1.29 is 14.3 Å². The van der Waals surface area contributed by atoms with E-state index in [1.165, 1.54) is 6.42 Å². The molecule has 0 unspecified atom stereocenters. The maximum Gasteiger partial charge on any atom is 0.255 e. The zero-order chi connectivity index (χ0) is 22.5. The molecule has 1 aromatic heterocycles. The summed E-state index contributed by atoms with van der Waals surface area (Å²) in [5.41, 5.74) is 3.04. The number of piperidine rings is 2. The van der Waals surface area contributed by atoms with Crippen LogP contribution in [0.15, 0.2) is 6.07 Å². The number of hydrogen-bond donors (Lipinski definition) is 1. The fourth-order valence-electron chi connectivity index (χ4n) is 5.27. The summed E-state index contributed by atoms with van der Waals surface area (Å²) >= 11 is 0. The van der Waals surface area contributed by atoms with Gasteiger partial charge in [-0.05, 0) is 64.0 Å². The molecule has 3 rings (SSSR count). The normalized spacial score (nSPS) is 23.1. The van der Waals surface area contributed by atoms with Gasteiger partial charge >= 0.3 is 0 Å². The third-order valence-corrected chi connectivity index (χ3v) is 7.03. The zero-order valence-electron chi connectivity index (χ0n) is 19.9. The summed E-state index contributed by atoms with van der Waals surface area (Å²) in [6.07, 6.45) is 4.61. The zero-order valence-corrected chi connectivity index (χ0v) is 19.9. The molecule has 0 spiro atoms. The number of hydrogen-bond acceptors (Lipinski definition) is 4. The predicted molar refractivity (Wildman–Crippen MR) is 122 cm³/mol. The maximum atomic E-state index is 13.4. The van der Waals surface area contributed by atoms with Gasteiger partial charge in [-0.3, -0.25) is 9.59 Å². The van der Waals surface area contributed by atoms with E-state index in [2.05, 4.69) is 34.7 Å². The smallest absolute Gasteiger partial charge is 0.255 e. The molecule has 0 radical (unpaired) electrons. The van der Waals surface area contributed by atoms with E-state index in [-0.39, 0.29) is 11.8 Å². The second-order valence-electron chi connectivity index (χ2n) is 9.55. The highest BCUT2D eigenvalue weighted by Gasteiger charge is 2.38. The number of amides is 2. The monoisotopic (exact) mass is 432 g/mol. The Morgan fingerprint density at radius 1 is 1.23 bits per heavy atom. The molecule has 31 heavy (non-hydrogen) atoms. The number of nitrogens with zero attached hydrogens (tertiary/aromatic N) is 3. The van der Waals surface area contributed by atoms with Crippen molar-refractivity contribution in [1.82, 2.24) is 19.7 Å². The van der Waals surface area contributed by atoms with Gasteiger partial charge in [0.1, 0.15) is 0 Å². The van der Waals surface area contributed by atoms with Crippen LogP contribution in [0.25, 0.3) is 0 Å². The first kappa shape index (κ1) is 23.8. The SMILES string of the molecule is COCCCn1c(C)cc(C(=O)N2C[C@@H]3CN[C@H](CCCC(=O)N(C)C)[C@H](C3)C2)c1C. The molecular weight excluding hydrogens is 392 g/mol. The van der Waals surface area contributed by atoms with Crippen LogP contribution >= 0.6 is 0 Å². The summed E-state index contributed by atoms with van der Waals surface area (Å²) in [5, 5.41) is 3.70. The number of ether oxygens (including phenoxy) is 1. The Labute approximate surface area is 187 Å². The molecule has 2 bridgehead atoms. The first-order chi connectivity index (χ1) is 14.8. The summed E-state index contributed by atoms with van der Waals surface area (Å²) in [7, 11) is 5.34. The molecule has 7 heteroatoms. The number of carbonyl (C=O) groups excluding carboxylic acids is 2. The molecule has 2 fully saturated rings. The van der Waals surface area contributed by atoms with Crippen molar-refractivity contribution in [3.8, 4) is 0 Å². The van der Waals surface area contributed by atoms with Gasteiger partial charge in [0.25, 0.3) is 5.91 Å². The second-order valence-corrected chi connectivity index (χ2v) is 9.55. The molecule has 2 saturated heterocycles. The summed E-state index contributed by atoms with van der Waals surface area (Å²) in [6, 6.07) is 2.44. The Morgan fingerprint density at radius 3 is 2.71 bits per heavy atom. The number of aryl methyl sites for hydroxylation is 1. The van der Waals surface area contributed by atoms with E-state index in [0.717, 1.165) is 69.0 Å². The van der Waals surface area contributed by atoms with Gasteiger partial charge in [-0.15, -0.1) is 0 Å². The summed E-state index contributed by atoms with van der Waals surface area (Å²) in [6.45, 7) is 8.35. The summed E-state index contributed by atoms with van der Waals surface area (Å²) < 4.78 is 7.42. The lowest BCUT2D eigenvalue weighted by molar-refractivity contribution is -0.128. The molecule has 3 heterocycles. The van der Waals surface area contributed by atoms with Crippen LogP contribution in [0, 0.1) is 25.7 Å². The Bertz CT molecular complexity index is 773. The molecule has 2 aliphatic rings. The van der Waals surface area contributed by atoms with Crippen LogP contribution in [-0.4, -0.2) is 79.7 Å². The van der Waals surface area contributed by atoms with Crippen molar-refractivity contribution >= 4 is 11.8 Å². The number of carbonyl (C=O) groups is 2. The average molecular weight is 433 g/mol. The van der Waals surface area contributed by atoms with Gasteiger partial charge in [0, 0.05) is 71.3 Å². The molecule has 1 aromatic rings. The number of methoxy groups -OCH3 is 1. The lowest BCUT2D eigenvalue weighted by Crippen LogP contribution is -2.57. The van der Waals surface area contributed by atoms with Crippen molar-refractivity contribution in [3.05, 3.63) is 23.0 Å². The predicted octanol–water partition coefficient (Wildman–Crippen LogP) is 2.45. The number of aromatic nitrogens is 1. The molecule has 0 saturated carbocycles. The molecule has 0 aliphatic carbocycles. The van der Waals surface area contributed by atoms with E-state index in [9.17, 15) is 9.59 Å². The first-order valence-corrected chi connectivity index (χ1v) is 11.7. The fourth-order valence-corrected chi connectivity index (χ4v) is 5.27. The van der Waals surface area contributed by atoms with E-state index < -0.39 is 0 Å². The van der Waals surface area contributed by atoms with Crippen LogP contribution < -0.4 is 5.32 Å². The molecular formula is C24H40N4O3. The Kier molecular flexibility index (Phi) is 8.17. The highest BCUT2D eigenvalue weighted by molar-refractivity contribution is 5.95. The van der Waals surface area contributed by atoms with Crippen LogP contribution in [0.5, 0.6) is 0 Å². The molecule has 2 amide bonds. The minimum absolute atomic E-state index is 0.171. The van der Waals surface area contributed by atoms with E-state index in [4.69, 9.17) is 4.74 Å². The molecule has 7 nitrogen and oxygen atoms in total. The quantitative estimate of drug-likeness (QED) is 0.609. The Hall–Kier alpha value is -1.86. The van der Waals surface area contributed by atoms with Gasteiger partial charge in [-0.25, -0.2) is 0 Å². The van der Waals surface area contributed by atoms with Gasteiger partial charge in [-0.1, -0.05) is 0 Å². The van der Waals surface area contributed by atoms with Crippen molar-refractivity contribution in [1.29, 1.82) is 0 Å². The number of likely N-dealkylation sites (tertiary alicyclic amines) is 1. The van der Waals surface area contributed by atoms with Gasteiger partial charge in [0.05, 0.1) is 5.56 Å². The lowest BCUT2D eigenvalue weighted by Gasteiger charge is -2.46. The van der Waals surface area contributed by atoms with Crippen LogP contribution in [0.3, 0.4) is 0 Å². The van der Waals surface area contributed by atoms with Gasteiger partial charge in [0.2, 0.25) is 5.91 Å². The minimum atomic E-state index is 0.171. The number of fused-ring (bicyclic) bond motifs is 2. The van der Waals surface area contributed by atoms with E-state index >= 15 is 0 Å². The van der Waals surface area contributed by atoms with Crippen molar-refractivity contribution in [3.63, 3.8) is 0 Å². The van der Waals surface area contributed by atoms with Crippen LogP contribution in [0.2, 0.25) is 0 Å². The van der Waals surface area contributed by atoms with Gasteiger partial charge in [-0.2, -0.15) is 0 Å². The fraction of sp³-hybridized carbons (Fsp3) is 0.750. The van der Waals surface area contributed by atoms with Crippen molar-refractivity contribution in [2.24, 2.45) is 11.8 Å². The van der Waals surface area contributed by atoms with Crippen molar-refractivity contribution in [2.45, 2.75) is 58.5 Å². The van der Waals surface area contributed by atoms with E-state index in [0.29, 0.717) is 24.3 Å². The third-order valence-electron chi connectivity index (χ3n) is 7.03. The van der Waals surface area contributed by atoms with Crippen LogP contribution in [-0.2, 0) is 16.1 Å². The van der Waals surface area contributed by atoms with Gasteiger partial charge < -0.3 is 24.4 Å². The van der Waals surface area contributed by atoms with Crippen LogP contribution in [0.4, 0.5) is 0 Å². The highest BCUT2D eigenvalue weighted by atomic mass is 16.5. The standard InChI is InChI=1S/C24H40N4O3/c1-17-12-21(18(2)28(17)10-7-11-31-5)24(30)27-15-19-13-20(16-27)22(25-14-19)8-6-9-23(29)26(3)4/h12,19-20,22,25H,6-11,13-16H2,1-5H3/t19-,20+,22+/m0/s1. The molecule has 3 atom stereocenters. The minimum Gasteiger partial charge on any atom is -0.385 e. The van der Waals surface area contributed by atoms with Crippen LogP contribution in [0.1, 0.15) is 53.8 Å². The van der Waals surface area contributed by atoms with Crippen molar-refractivity contribution in [2.75, 3.05) is 47.4 Å². The number of rotatable bonds is 9. The molecule has 174 valence electrons. The molecule has 0 aromatic carbocycles. The largest absolute Gasteiger partial charge is 0.385 e. The average Bonchev–Trinajstić information content (AvgIpc) is 3.02. The molecule has 1 N–H and O–H groups in total. The maximum absolute atomic E-state index is 13.4. The second kappa shape index (κ2) is 10.6. The topological polar surface area (TPSA) is 66.8 Å². The highest BCUT2D eigenvalue weighted by Crippen LogP contribution is 2.32. The lowest BCUT2D eigenvalue weighted by atomic mass is 9.79. The van der Waals surface area contributed by atoms with E-state index in [1.807, 2.05) is 14.1 Å². The van der Waals surface area contributed by atoms with E-state index in [1.54, 1.807) is 12.0 Å². The third kappa shape index (κ3) is 5.69.